The first-order chi connectivity index (χ1) is 16.0. The van der Waals surface area contributed by atoms with Gasteiger partial charge in [0, 0.05) is 5.56 Å². The molecule has 4 rings (SSSR count). The van der Waals surface area contributed by atoms with Gasteiger partial charge in [0.15, 0.2) is 5.13 Å². The van der Waals surface area contributed by atoms with E-state index in [-0.39, 0.29) is 5.91 Å². The third-order valence-corrected chi connectivity index (χ3v) is 7.36. The number of thioether (sulfide) groups is 1. The number of anilines is 1. The highest BCUT2D eigenvalue weighted by Crippen LogP contribution is 2.32. The van der Waals surface area contributed by atoms with Crippen molar-refractivity contribution in [2.45, 2.75) is 30.5 Å². The number of benzene rings is 2. The van der Waals surface area contributed by atoms with Gasteiger partial charge in [0.2, 0.25) is 5.91 Å². The topological polar surface area (TPSA) is 87.9 Å². The number of amides is 1. The molecule has 0 spiro atoms. The molecule has 0 saturated heterocycles. The van der Waals surface area contributed by atoms with E-state index < -0.39 is 5.25 Å². The van der Waals surface area contributed by atoms with Crippen molar-refractivity contribution in [3.8, 4) is 23.1 Å². The summed E-state index contributed by atoms with van der Waals surface area (Å²) < 4.78 is 6.25. The monoisotopic (exact) mass is 474 g/mol. The Balaban J connectivity index is 1.55. The molecule has 1 amide bonds. The minimum atomic E-state index is -0.413. The number of aryl methyl sites for hydroxylation is 1. The summed E-state index contributed by atoms with van der Waals surface area (Å²) in [6, 6.07) is 19.3. The number of nitrogens with zero attached hydrogens (tertiary/aromatic N) is 3. The molecule has 2 aromatic heterocycles. The van der Waals surface area contributed by atoms with E-state index in [1.54, 1.807) is 13.2 Å². The lowest BCUT2D eigenvalue weighted by atomic mass is 10.1. The van der Waals surface area contributed by atoms with E-state index in [9.17, 15) is 10.1 Å². The quantitative estimate of drug-likeness (QED) is 0.328. The summed E-state index contributed by atoms with van der Waals surface area (Å²) >= 11 is 2.75. The Hall–Kier alpha value is -3.41. The van der Waals surface area contributed by atoms with Gasteiger partial charge in [-0.25, -0.2) is 9.97 Å². The van der Waals surface area contributed by atoms with E-state index in [0.29, 0.717) is 22.1 Å². The number of methoxy groups -OCH3 is 1. The Morgan fingerprint density at radius 2 is 1.97 bits per heavy atom. The molecule has 0 aliphatic heterocycles. The zero-order valence-corrected chi connectivity index (χ0v) is 20.1. The van der Waals surface area contributed by atoms with Gasteiger partial charge >= 0.3 is 0 Å². The maximum Gasteiger partial charge on any atom is 0.239 e. The summed E-state index contributed by atoms with van der Waals surface area (Å²) in [7, 11) is 1.62. The molecule has 1 unspecified atom stereocenters. The maximum absolute atomic E-state index is 13.0. The second-order valence-electron chi connectivity index (χ2n) is 7.38. The van der Waals surface area contributed by atoms with Crippen LogP contribution in [0.1, 0.15) is 24.5 Å². The molecule has 1 atom stereocenters. The largest absolute Gasteiger partial charge is 0.497 e. The van der Waals surface area contributed by atoms with E-state index in [4.69, 9.17) is 9.72 Å². The summed E-state index contributed by atoms with van der Waals surface area (Å²) in [5.74, 6) is 0.605. The number of thiazole rings is 1. The molecule has 0 fully saturated rings. The van der Waals surface area contributed by atoms with Gasteiger partial charge in [0.05, 0.1) is 33.8 Å². The Morgan fingerprint density at radius 1 is 1.18 bits per heavy atom. The molecule has 0 radical (unpaired) electrons. The van der Waals surface area contributed by atoms with Crippen molar-refractivity contribution >= 4 is 44.4 Å². The number of fused-ring (bicyclic) bond motifs is 1. The van der Waals surface area contributed by atoms with Crippen molar-refractivity contribution in [1.82, 2.24) is 9.97 Å². The Kier molecular flexibility index (Phi) is 6.92. The van der Waals surface area contributed by atoms with Crippen LogP contribution in [0.2, 0.25) is 0 Å². The van der Waals surface area contributed by atoms with Crippen molar-refractivity contribution in [3.63, 3.8) is 0 Å². The predicted molar refractivity (Wildman–Crippen MR) is 134 cm³/mol. The first kappa shape index (κ1) is 22.8. The summed E-state index contributed by atoms with van der Waals surface area (Å²) in [4.78, 5) is 22.2. The molecular weight excluding hydrogens is 452 g/mol. The van der Waals surface area contributed by atoms with Crippen molar-refractivity contribution in [2.75, 3.05) is 12.4 Å². The number of hydrogen-bond donors (Lipinski definition) is 1. The van der Waals surface area contributed by atoms with Gasteiger partial charge in [0.1, 0.15) is 16.8 Å². The van der Waals surface area contributed by atoms with Crippen LogP contribution in [0.4, 0.5) is 5.13 Å². The van der Waals surface area contributed by atoms with E-state index in [1.165, 1.54) is 23.1 Å². The van der Waals surface area contributed by atoms with Gasteiger partial charge in [-0.1, -0.05) is 36.1 Å². The van der Waals surface area contributed by atoms with Gasteiger partial charge in [-0.3, -0.25) is 4.79 Å². The lowest BCUT2D eigenvalue weighted by Crippen LogP contribution is -2.24. The second-order valence-corrected chi connectivity index (χ2v) is 9.61. The average molecular weight is 475 g/mol. The van der Waals surface area contributed by atoms with E-state index in [2.05, 4.69) is 22.4 Å². The first-order valence-corrected chi connectivity index (χ1v) is 12.1. The normalized spacial score (nSPS) is 11.7. The third-order valence-electron chi connectivity index (χ3n) is 5.06. The Labute approximate surface area is 200 Å². The van der Waals surface area contributed by atoms with Gasteiger partial charge < -0.3 is 10.1 Å². The molecule has 0 saturated carbocycles. The molecule has 8 heteroatoms. The van der Waals surface area contributed by atoms with Gasteiger partial charge in [-0.05, 0) is 67.4 Å². The van der Waals surface area contributed by atoms with E-state index in [1.807, 2.05) is 56.3 Å². The standard InChI is InChI=1S/C25H22N4O2S2/c1-4-21(23(30)29-25-28-20-11-5-15(2)13-22(20)33-25)32-24-17(14-26)8-12-19(27-24)16-6-9-18(31-3)10-7-16/h5-13,21H,4H2,1-3H3,(H,28,29,30). The molecule has 33 heavy (non-hydrogen) atoms. The number of hydrogen-bond acceptors (Lipinski definition) is 7. The molecule has 2 aromatic carbocycles. The first-order valence-electron chi connectivity index (χ1n) is 10.4. The fourth-order valence-electron chi connectivity index (χ4n) is 3.27. The number of aromatic nitrogens is 2. The number of rotatable bonds is 7. The van der Waals surface area contributed by atoms with Crippen molar-refractivity contribution in [2.24, 2.45) is 0 Å². The third kappa shape index (κ3) is 5.16. The van der Waals surface area contributed by atoms with E-state index >= 15 is 0 Å². The van der Waals surface area contributed by atoms with Crippen LogP contribution >= 0.6 is 23.1 Å². The fourth-order valence-corrected chi connectivity index (χ4v) is 5.23. The summed E-state index contributed by atoms with van der Waals surface area (Å²) in [5, 5.41) is 13.2. The molecule has 4 aromatic rings. The number of pyridine rings is 1. The smallest absolute Gasteiger partial charge is 0.239 e. The predicted octanol–water partition coefficient (Wildman–Crippen LogP) is 6.06. The zero-order valence-electron chi connectivity index (χ0n) is 18.5. The van der Waals surface area contributed by atoms with Crippen LogP contribution in [0, 0.1) is 18.3 Å². The van der Waals surface area contributed by atoms with Crippen LogP contribution in [-0.2, 0) is 4.79 Å². The molecule has 166 valence electrons. The SMILES string of the molecule is CCC(Sc1nc(-c2ccc(OC)cc2)ccc1C#N)C(=O)Nc1nc2ccc(C)cc2s1. The number of ether oxygens (including phenoxy) is 1. The highest BCUT2D eigenvalue weighted by molar-refractivity contribution is 8.00. The molecule has 0 aliphatic carbocycles. The average Bonchev–Trinajstić information content (AvgIpc) is 3.23. The number of nitriles is 1. The van der Waals surface area contributed by atoms with Gasteiger partial charge in [-0.15, -0.1) is 0 Å². The van der Waals surface area contributed by atoms with Crippen molar-refractivity contribution in [3.05, 3.63) is 65.7 Å². The lowest BCUT2D eigenvalue weighted by molar-refractivity contribution is -0.115. The number of carbonyl (C=O) groups is 1. The molecule has 1 N–H and O–H groups in total. The van der Waals surface area contributed by atoms with Crippen LogP contribution in [0.5, 0.6) is 5.75 Å². The molecule has 2 heterocycles. The molecule has 6 nitrogen and oxygen atoms in total. The highest BCUT2D eigenvalue weighted by atomic mass is 32.2. The van der Waals surface area contributed by atoms with Gasteiger partial charge in [0.25, 0.3) is 0 Å². The minimum absolute atomic E-state index is 0.154. The maximum atomic E-state index is 13.0. The summed E-state index contributed by atoms with van der Waals surface area (Å²) in [5.41, 5.74) is 4.10. The zero-order chi connectivity index (χ0) is 23.4. The number of nitrogens with one attached hydrogen (secondary N) is 1. The minimum Gasteiger partial charge on any atom is -0.497 e. The molecular formula is C25H22N4O2S2. The summed E-state index contributed by atoms with van der Waals surface area (Å²) in [6.07, 6.45) is 0.583. The van der Waals surface area contributed by atoms with Crippen LogP contribution in [0.15, 0.2) is 59.6 Å². The second kappa shape index (κ2) is 10.0. The van der Waals surface area contributed by atoms with Crippen LogP contribution in [-0.4, -0.2) is 28.2 Å². The Morgan fingerprint density at radius 3 is 2.67 bits per heavy atom. The van der Waals surface area contributed by atoms with Crippen molar-refractivity contribution in [1.29, 1.82) is 5.26 Å². The van der Waals surface area contributed by atoms with Crippen LogP contribution < -0.4 is 10.1 Å². The highest BCUT2D eigenvalue weighted by Gasteiger charge is 2.22. The summed E-state index contributed by atoms with van der Waals surface area (Å²) in [6.45, 7) is 3.97. The Bertz CT molecular complexity index is 1340. The fraction of sp³-hybridized carbons (Fsp3) is 0.200. The lowest BCUT2D eigenvalue weighted by Gasteiger charge is -2.14. The molecule has 0 bridgehead atoms. The van der Waals surface area contributed by atoms with Crippen molar-refractivity contribution < 1.29 is 9.53 Å². The van der Waals surface area contributed by atoms with E-state index in [0.717, 1.165) is 32.8 Å². The number of carbonyl (C=O) groups excluding carboxylic acids is 1. The van der Waals surface area contributed by atoms with Gasteiger partial charge in [-0.2, -0.15) is 5.26 Å². The van der Waals surface area contributed by atoms with Crippen LogP contribution in [0.25, 0.3) is 21.5 Å². The molecule has 0 aliphatic rings. The van der Waals surface area contributed by atoms with Crippen LogP contribution in [0.3, 0.4) is 0 Å².